The topological polar surface area (TPSA) is 65.4 Å². The fraction of sp³-hybridized carbons (Fsp3) is 0. The highest BCUT2D eigenvalue weighted by Crippen LogP contribution is 2.27. The highest BCUT2D eigenvalue weighted by atomic mass is 16.3. The Morgan fingerprint density at radius 1 is 1.36 bits per heavy atom. The van der Waals surface area contributed by atoms with Crippen LogP contribution in [0.2, 0.25) is 0 Å². The number of para-hydroxylation sites is 1. The lowest BCUT2D eigenvalue weighted by atomic mass is 10.2. The van der Waals surface area contributed by atoms with Crippen LogP contribution in [0.1, 0.15) is 5.56 Å². The van der Waals surface area contributed by atoms with Gasteiger partial charge in [0.15, 0.2) is 5.88 Å². The van der Waals surface area contributed by atoms with Crippen LogP contribution in [0.4, 0.5) is 0 Å². The maximum Gasteiger partial charge on any atom is 0.196 e. The molecule has 0 spiro atoms. The molecule has 2 aromatic rings. The summed E-state index contributed by atoms with van der Waals surface area (Å²) in [5.41, 5.74) is 1.41. The SMILES string of the molecule is O=N/C=C/c1c(O)[nH]c2ccccc12. The fourth-order valence-electron chi connectivity index (χ4n) is 1.42. The molecular formula is C10H8N2O2. The molecule has 0 aliphatic heterocycles. The molecule has 0 atom stereocenters. The largest absolute Gasteiger partial charge is 0.494 e. The van der Waals surface area contributed by atoms with Crippen LogP contribution >= 0.6 is 0 Å². The lowest BCUT2D eigenvalue weighted by molar-refractivity contribution is 0.457. The van der Waals surface area contributed by atoms with Gasteiger partial charge in [0.05, 0.1) is 6.20 Å². The highest BCUT2D eigenvalue weighted by molar-refractivity contribution is 5.91. The Kier molecular flexibility index (Phi) is 2.02. The van der Waals surface area contributed by atoms with Gasteiger partial charge in [-0.15, -0.1) is 4.91 Å². The summed E-state index contributed by atoms with van der Waals surface area (Å²) in [6, 6.07) is 7.43. The first-order valence-corrected chi connectivity index (χ1v) is 4.11. The molecular weight excluding hydrogens is 180 g/mol. The van der Waals surface area contributed by atoms with Crippen molar-refractivity contribution in [3.05, 3.63) is 40.9 Å². The highest BCUT2D eigenvalue weighted by Gasteiger charge is 2.06. The number of rotatable bonds is 2. The van der Waals surface area contributed by atoms with Crippen LogP contribution in [0.5, 0.6) is 5.88 Å². The molecule has 0 aliphatic rings. The molecule has 0 aliphatic carbocycles. The monoisotopic (exact) mass is 188 g/mol. The second-order valence-corrected chi connectivity index (χ2v) is 2.85. The summed E-state index contributed by atoms with van der Waals surface area (Å²) in [4.78, 5) is 12.7. The Morgan fingerprint density at radius 3 is 2.93 bits per heavy atom. The number of aromatic nitrogens is 1. The Hall–Kier alpha value is -2.10. The molecule has 4 nitrogen and oxygen atoms in total. The Bertz CT molecular complexity index is 500. The van der Waals surface area contributed by atoms with Gasteiger partial charge in [0.2, 0.25) is 0 Å². The second kappa shape index (κ2) is 3.33. The molecule has 1 aromatic carbocycles. The molecule has 70 valence electrons. The van der Waals surface area contributed by atoms with Crippen molar-refractivity contribution in [2.45, 2.75) is 0 Å². The van der Waals surface area contributed by atoms with Crippen LogP contribution in [0.25, 0.3) is 17.0 Å². The molecule has 14 heavy (non-hydrogen) atoms. The van der Waals surface area contributed by atoms with Gasteiger partial charge in [-0.05, 0) is 17.3 Å². The number of nitrogens with zero attached hydrogens (tertiary/aromatic N) is 1. The van der Waals surface area contributed by atoms with Crippen molar-refractivity contribution in [1.29, 1.82) is 0 Å². The number of aromatic amines is 1. The standard InChI is InChI=1S/C10H8N2O2/c13-10-8(5-6-11-14)7-3-1-2-4-9(7)12-10/h1-6,12-13H/b6-5+. The van der Waals surface area contributed by atoms with E-state index in [2.05, 4.69) is 10.2 Å². The quantitative estimate of drug-likeness (QED) is 0.711. The molecule has 0 fully saturated rings. The molecule has 0 bridgehead atoms. The summed E-state index contributed by atoms with van der Waals surface area (Å²) in [5.74, 6) is 0.0473. The number of hydrogen-bond donors (Lipinski definition) is 2. The van der Waals surface area contributed by atoms with Crippen LogP contribution < -0.4 is 0 Å². The van der Waals surface area contributed by atoms with Crippen molar-refractivity contribution >= 4 is 17.0 Å². The minimum absolute atomic E-state index is 0.0473. The summed E-state index contributed by atoms with van der Waals surface area (Å²) in [7, 11) is 0. The number of nitroso groups, excluding NO2 is 1. The van der Waals surface area contributed by atoms with E-state index >= 15 is 0 Å². The van der Waals surface area contributed by atoms with Gasteiger partial charge in [-0.1, -0.05) is 18.2 Å². The summed E-state index contributed by atoms with van der Waals surface area (Å²) >= 11 is 0. The maximum atomic E-state index is 9.92. The molecule has 2 rings (SSSR count). The fourth-order valence-corrected chi connectivity index (χ4v) is 1.42. The first-order valence-electron chi connectivity index (χ1n) is 4.11. The maximum absolute atomic E-state index is 9.92. The number of benzene rings is 1. The van der Waals surface area contributed by atoms with Crippen LogP contribution in [0, 0.1) is 4.91 Å². The molecule has 0 unspecified atom stereocenters. The van der Waals surface area contributed by atoms with E-state index in [-0.39, 0.29) is 5.88 Å². The zero-order chi connectivity index (χ0) is 9.97. The van der Waals surface area contributed by atoms with Gasteiger partial charge in [0.25, 0.3) is 0 Å². The lowest BCUT2D eigenvalue weighted by Gasteiger charge is -1.89. The van der Waals surface area contributed by atoms with E-state index in [1.54, 1.807) is 0 Å². The number of aromatic hydroxyl groups is 1. The third-order valence-electron chi connectivity index (χ3n) is 2.03. The van der Waals surface area contributed by atoms with E-state index < -0.39 is 0 Å². The number of hydrogen-bond acceptors (Lipinski definition) is 3. The lowest BCUT2D eigenvalue weighted by Crippen LogP contribution is -1.67. The summed E-state index contributed by atoms with van der Waals surface area (Å²) < 4.78 is 0. The van der Waals surface area contributed by atoms with Gasteiger partial charge in [-0.3, -0.25) is 0 Å². The van der Waals surface area contributed by atoms with Crippen molar-refractivity contribution in [3.63, 3.8) is 0 Å². The van der Waals surface area contributed by atoms with Crippen LogP contribution in [-0.2, 0) is 0 Å². The minimum Gasteiger partial charge on any atom is -0.494 e. The molecule has 0 saturated heterocycles. The van der Waals surface area contributed by atoms with Crippen molar-refractivity contribution in [2.75, 3.05) is 0 Å². The summed E-state index contributed by atoms with van der Waals surface area (Å²) in [6.45, 7) is 0. The first-order chi connectivity index (χ1) is 6.83. The van der Waals surface area contributed by atoms with Gasteiger partial charge in [0, 0.05) is 16.5 Å². The zero-order valence-corrected chi connectivity index (χ0v) is 7.27. The van der Waals surface area contributed by atoms with E-state index in [4.69, 9.17) is 0 Å². The Morgan fingerprint density at radius 2 is 2.14 bits per heavy atom. The predicted octanol–water partition coefficient (Wildman–Crippen LogP) is 2.61. The van der Waals surface area contributed by atoms with Gasteiger partial charge >= 0.3 is 0 Å². The van der Waals surface area contributed by atoms with Crippen LogP contribution in [0.3, 0.4) is 0 Å². The van der Waals surface area contributed by atoms with Crippen molar-refractivity contribution in [2.24, 2.45) is 5.18 Å². The second-order valence-electron chi connectivity index (χ2n) is 2.85. The zero-order valence-electron chi connectivity index (χ0n) is 7.27. The van der Waals surface area contributed by atoms with E-state index in [1.807, 2.05) is 24.3 Å². The van der Waals surface area contributed by atoms with Crippen molar-refractivity contribution in [1.82, 2.24) is 4.98 Å². The average Bonchev–Trinajstić information content (AvgIpc) is 2.51. The number of nitrogens with one attached hydrogen (secondary N) is 1. The van der Waals surface area contributed by atoms with Crippen LogP contribution in [-0.4, -0.2) is 10.1 Å². The van der Waals surface area contributed by atoms with Gasteiger partial charge in [-0.2, -0.15) is 0 Å². The van der Waals surface area contributed by atoms with E-state index in [0.717, 1.165) is 17.1 Å². The van der Waals surface area contributed by atoms with Crippen molar-refractivity contribution < 1.29 is 5.11 Å². The normalized spacial score (nSPS) is 11.1. The minimum atomic E-state index is 0.0473. The van der Waals surface area contributed by atoms with E-state index in [9.17, 15) is 10.0 Å². The smallest absolute Gasteiger partial charge is 0.196 e. The Balaban J connectivity index is 2.67. The summed E-state index contributed by atoms with van der Waals surface area (Å²) in [5, 5.41) is 13.0. The third kappa shape index (κ3) is 1.26. The number of fused-ring (bicyclic) bond motifs is 1. The summed E-state index contributed by atoms with van der Waals surface area (Å²) in [6.07, 6.45) is 2.58. The van der Waals surface area contributed by atoms with Gasteiger partial charge in [0.1, 0.15) is 0 Å². The molecule has 2 N–H and O–H groups in total. The number of H-pyrrole nitrogens is 1. The predicted molar refractivity (Wildman–Crippen MR) is 54.8 cm³/mol. The first kappa shape index (κ1) is 8.50. The average molecular weight is 188 g/mol. The van der Waals surface area contributed by atoms with Gasteiger partial charge in [-0.25, -0.2) is 0 Å². The van der Waals surface area contributed by atoms with Gasteiger partial charge < -0.3 is 10.1 Å². The molecule has 4 heteroatoms. The molecule has 1 aromatic heterocycles. The molecule has 1 heterocycles. The molecule has 0 amide bonds. The van der Waals surface area contributed by atoms with Crippen molar-refractivity contribution in [3.8, 4) is 5.88 Å². The molecule has 0 radical (unpaired) electrons. The van der Waals surface area contributed by atoms with E-state index in [1.165, 1.54) is 6.08 Å². The molecule has 0 saturated carbocycles. The van der Waals surface area contributed by atoms with Crippen LogP contribution in [0.15, 0.2) is 35.6 Å². The Labute approximate surface area is 79.9 Å². The third-order valence-corrected chi connectivity index (χ3v) is 2.03. The van der Waals surface area contributed by atoms with E-state index in [0.29, 0.717) is 5.56 Å².